The maximum atomic E-state index is 11.2. The summed E-state index contributed by atoms with van der Waals surface area (Å²) in [6.45, 7) is 1.61. The van der Waals surface area contributed by atoms with Gasteiger partial charge in [-0.3, -0.25) is 4.79 Å². The van der Waals surface area contributed by atoms with Gasteiger partial charge in [-0.2, -0.15) is 0 Å². The van der Waals surface area contributed by atoms with Crippen molar-refractivity contribution in [2.24, 2.45) is 0 Å². The Morgan fingerprint density at radius 3 is 3.00 bits per heavy atom. The van der Waals surface area contributed by atoms with Crippen molar-refractivity contribution in [3.8, 4) is 0 Å². The van der Waals surface area contributed by atoms with Gasteiger partial charge in [-0.05, 0) is 35.0 Å². The Hall–Kier alpha value is -0.610. The van der Waals surface area contributed by atoms with E-state index in [4.69, 9.17) is 11.6 Å². The molecule has 0 aliphatic heterocycles. The van der Waals surface area contributed by atoms with E-state index in [1.165, 1.54) is 0 Å². The fraction of sp³-hybridized carbons (Fsp3) is 0.250. The van der Waals surface area contributed by atoms with Crippen molar-refractivity contribution in [3.05, 3.63) is 22.9 Å². The number of hydrogen-bond acceptors (Lipinski definition) is 2. The minimum atomic E-state index is -0.549. The van der Waals surface area contributed by atoms with E-state index in [9.17, 15) is 4.79 Å². The van der Waals surface area contributed by atoms with Crippen LogP contribution in [0.1, 0.15) is 6.92 Å². The van der Waals surface area contributed by atoms with Crippen molar-refractivity contribution < 1.29 is 4.79 Å². The predicted octanol–water partition coefficient (Wildman–Crippen LogP) is 2.41. The van der Waals surface area contributed by atoms with Crippen LogP contribution in [0.4, 0.5) is 5.69 Å². The van der Waals surface area contributed by atoms with Gasteiger partial charge >= 0.3 is 0 Å². The average Bonchev–Trinajstić information content (AvgIpc) is 2.08. The molecule has 0 spiro atoms. The van der Waals surface area contributed by atoms with E-state index in [0.717, 1.165) is 0 Å². The van der Waals surface area contributed by atoms with Crippen LogP contribution in [-0.2, 0) is 4.79 Å². The number of halogens is 2. The first kappa shape index (κ1) is 10.5. The number of anilines is 1. The van der Waals surface area contributed by atoms with E-state index in [1.807, 2.05) is 0 Å². The van der Waals surface area contributed by atoms with E-state index in [0.29, 0.717) is 10.3 Å². The molecular weight excluding hydrogens is 255 g/mol. The number of hydrogen-bond donors (Lipinski definition) is 1. The number of carbonyl (C=O) groups is 1. The van der Waals surface area contributed by atoms with Gasteiger partial charge in [0, 0.05) is 6.20 Å². The zero-order valence-corrected chi connectivity index (χ0v) is 9.26. The minimum Gasteiger partial charge on any atom is -0.322 e. The third kappa shape index (κ3) is 2.97. The van der Waals surface area contributed by atoms with E-state index < -0.39 is 5.38 Å². The molecule has 0 aliphatic rings. The monoisotopic (exact) mass is 262 g/mol. The lowest BCUT2D eigenvalue weighted by atomic mass is 10.4. The van der Waals surface area contributed by atoms with E-state index in [1.54, 1.807) is 25.3 Å². The fourth-order valence-corrected chi connectivity index (χ4v) is 1.12. The summed E-state index contributed by atoms with van der Waals surface area (Å²) in [6.07, 6.45) is 1.63. The van der Waals surface area contributed by atoms with Gasteiger partial charge in [0.1, 0.15) is 9.98 Å². The van der Waals surface area contributed by atoms with Gasteiger partial charge in [0.05, 0.1) is 5.69 Å². The maximum Gasteiger partial charge on any atom is 0.242 e. The van der Waals surface area contributed by atoms with Gasteiger partial charge in [-0.1, -0.05) is 0 Å². The molecule has 1 N–H and O–H groups in total. The molecule has 1 heterocycles. The molecule has 1 amide bonds. The van der Waals surface area contributed by atoms with Crippen molar-refractivity contribution in [2.75, 3.05) is 5.32 Å². The standard InChI is InChI=1S/C8H8BrClN2O/c1-5(10)8(13)12-6-3-2-4-11-7(6)9/h2-5H,1H3,(H,12,13). The molecule has 0 saturated heterocycles. The number of amides is 1. The highest BCUT2D eigenvalue weighted by atomic mass is 79.9. The summed E-state index contributed by atoms with van der Waals surface area (Å²) in [6, 6.07) is 3.48. The van der Waals surface area contributed by atoms with Crippen LogP contribution < -0.4 is 5.32 Å². The minimum absolute atomic E-state index is 0.240. The molecule has 1 aromatic heterocycles. The average molecular weight is 264 g/mol. The topological polar surface area (TPSA) is 42.0 Å². The Morgan fingerprint density at radius 2 is 2.46 bits per heavy atom. The van der Waals surface area contributed by atoms with E-state index in [2.05, 4.69) is 26.2 Å². The molecule has 1 atom stereocenters. The number of nitrogens with zero attached hydrogens (tertiary/aromatic N) is 1. The van der Waals surface area contributed by atoms with Crippen LogP contribution in [0.25, 0.3) is 0 Å². The molecular formula is C8H8BrClN2O. The molecule has 70 valence electrons. The van der Waals surface area contributed by atoms with Crippen molar-refractivity contribution in [2.45, 2.75) is 12.3 Å². The van der Waals surface area contributed by atoms with Gasteiger partial charge < -0.3 is 5.32 Å². The van der Waals surface area contributed by atoms with Gasteiger partial charge in [-0.15, -0.1) is 11.6 Å². The number of carbonyl (C=O) groups excluding carboxylic acids is 1. The van der Waals surface area contributed by atoms with Gasteiger partial charge in [0.2, 0.25) is 5.91 Å². The summed E-state index contributed by atoms with van der Waals surface area (Å²) < 4.78 is 0.598. The summed E-state index contributed by atoms with van der Waals surface area (Å²) in [4.78, 5) is 15.1. The lowest BCUT2D eigenvalue weighted by Gasteiger charge is -2.06. The predicted molar refractivity (Wildman–Crippen MR) is 55.9 cm³/mol. The van der Waals surface area contributed by atoms with Crippen molar-refractivity contribution in [1.82, 2.24) is 4.98 Å². The van der Waals surface area contributed by atoms with Crippen molar-refractivity contribution >= 4 is 39.1 Å². The Kier molecular flexibility index (Phi) is 3.69. The second kappa shape index (κ2) is 4.58. The van der Waals surface area contributed by atoms with E-state index >= 15 is 0 Å². The molecule has 0 saturated carbocycles. The number of aromatic nitrogens is 1. The fourth-order valence-electron chi connectivity index (χ4n) is 0.711. The van der Waals surface area contributed by atoms with Gasteiger partial charge in [0.15, 0.2) is 0 Å². The maximum absolute atomic E-state index is 11.2. The van der Waals surface area contributed by atoms with Gasteiger partial charge in [-0.25, -0.2) is 4.98 Å². The molecule has 0 fully saturated rings. The molecule has 1 aromatic rings. The second-order valence-electron chi connectivity index (χ2n) is 2.45. The first-order valence-corrected chi connectivity index (χ1v) is 4.89. The number of pyridine rings is 1. The lowest BCUT2D eigenvalue weighted by molar-refractivity contribution is -0.115. The molecule has 0 aliphatic carbocycles. The summed E-state index contributed by atoms with van der Waals surface area (Å²) in [7, 11) is 0. The number of alkyl halides is 1. The normalized spacial score (nSPS) is 12.2. The highest BCUT2D eigenvalue weighted by Gasteiger charge is 2.10. The Balaban J connectivity index is 2.75. The van der Waals surface area contributed by atoms with Crippen LogP contribution in [0.15, 0.2) is 22.9 Å². The largest absolute Gasteiger partial charge is 0.322 e. The zero-order chi connectivity index (χ0) is 9.84. The summed E-state index contributed by atoms with van der Waals surface area (Å²) in [5, 5.41) is 2.08. The lowest BCUT2D eigenvalue weighted by Crippen LogP contribution is -2.20. The number of nitrogens with one attached hydrogen (secondary N) is 1. The molecule has 0 bridgehead atoms. The third-order valence-corrected chi connectivity index (χ3v) is 2.21. The molecule has 0 radical (unpaired) electrons. The van der Waals surface area contributed by atoms with Crippen LogP contribution in [0.5, 0.6) is 0 Å². The van der Waals surface area contributed by atoms with Gasteiger partial charge in [0.25, 0.3) is 0 Å². The van der Waals surface area contributed by atoms with E-state index in [-0.39, 0.29) is 5.91 Å². The molecule has 3 nitrogen and oxygen atoms in total. The smallest absolute Gasteiger partial charge is 0.242 e. The first-order valence-electron chi connectivity index (χ1n) is 3.66. The molecule has 1 rings (SSSR count). The SMILES string of the molecule is CC(Cl)C(=O)Nc1cccnc1Br. The number of rotatable bonds is 2. The summed E-state index contributed by atoms with van der Waals surface area (Å²) in [5.41, 5.74) is 0.625. The summed E-state index contributed by atoms with van der Waals surface area (Å²) >= 11 is 8.79. The highest BCUT2D eigenvalue weighted by Crippen LogP contribution is 2.18. The molecule has 13 heavy (non-hydrogen) atoms. The van der Waals surface area contributed by atoms with Crippen LogP contribution in [-0.4, -0.2) is 16.3 Å². The Bertz CT molecular complexity index is 317. The first-order chi connectivity index (χ1) is 6.11. The van der Waals surface area contributed by atoms with Crippen LogP contribution in [0.2, 0.25) is 0 Å². The summed E-state index contributed by atoms with van der Waals surface area (Å²) in [5.74, 6) is -0.240. The van der Waals surface area contributed by atoms with Crippen molar-refractivity contribution in [3.63, 3.8) is 0 Å². The molecule has 5 heteroatoms. The van der Waals surface area contributed by atoms with Crippen LogP contribution >= 0.6 is 27.5 Å². The van der Waals surface area contributed by atoms with Crippen molar-refractivity contribution in [1.29, 1.82) is 0 Å². The zero-order valence-electron chi connectivity index (χ0n) is 6.92. The van der Waals surface area contributed by atoms with Crippen LogP contribution in [0.3, 0.4) is 0 Å². The Morgan fingerprint density at radius 1 is 1.77 bits per heavy atom. The van der Waals surface area contributed by atoms with Crippen LogP contribution in [0, 0.1) is 0 Å². The molecule has 0 aromatic carbocycles. The highest BCUT2D eigenvalue weighted by molar-refractivity contribution is 9.10. The third-order valence-electron chi connectivity index (χ3n) is 1.38. The Labute approximate surface area is 89.6 Å². The molecule has 1 unspecified atom stereocenters. The quantitative estimate of drug-likeness (QED) is 0.658. The second-order valence-corrected chi connectivity index (χ2v) is 3.85.